The maximum atomic E-state index is 8.88. The van der Waals surface area contributed by atoms with Crippen LogP contribution in [0.2, 0.25) is 19.6 Å². The fraction of sp³-hybridized carbons (Fsp3) is 0.292. The normalized spacial score (nSPS) is 13.4. The monoisotopic (exact) mass is 592 g/mol. The van der Waals surface area contributed by atoms with Gasteiger partial charge in [-0.2, -0.15) is 0 Å². The summed E-state index contributed by atoms with van der Waals surface area (Å²) in [4.78, 5) is 4.57. The van der Waals surface area contributed by atoms with Gasteiger partial charge in [-0.05, 0) is 22.8 Å². The molecule has 1 heterocycles. The van der Waals surface area contributed by atoms with E-state index in [1.54, 1.807) is 36.5 Å². The topological polar surface area (TPSA) is 53.4 Å². The van der Waals surface area contributed by atoms with Crippen molar-refractivity contribution in [2.24, 2.45) is 0 Å². The summed E-state index contributed by atoms with van der Waals surface area (Å²) in [5.41, 5.74) is 2.66. The van der Waals surface area contributed by atoms with Crippen LogP contribution in [-0.2, 0) is 26.5 Å². The van der Waals surface area contributed by atoms with Crippen LogP contribution in [0.3, 0.4) is 0 Å². The molecule has 29 heavy (non-hydrogen) atoms. The second-order valence-electron chi connectivity index (χ2n) is 6.85. The summed E-state index contributed by atoms with van der Waals surface area (Å²) in [5.74, 6) is 0. The number of pyridine rings is 1. The first kappa shape index (κ1) is 19.3. The Morgan fingerprint density at radius 1 is 1.03 bits per heavy atom. The van der Waals surface area contributed by atoms with E-state index in [4.69, 9.17) is 17.1 Å². The summed E-state index contributed by atoms with van der Waals surface area (Å²) < 4.78 is 40.3. The van der Waals surface area contributed by atoms with Gasteiger partial charge in [-0.1, -0.05) is 68.5 Å². The molecule has 159 valence electrons. The average molecular weight is 592 g/mol. The van der Waals surface area contributed by atoms with Crippen molar-refractivity contribution in [3.8, 4) is 11.3 Å². The summed E-state index contributed by atoms with van der Waals surface area (Å²) in [6.45, 7) is 4.34. The third-order valence-electron chi connectivity index (χ3n) is 3.85. The van der Waals surface area contributed by atoms with E-state index in [1.807, 2.05) is 18.2 Å². The predicted molar refractivity (Wildman–Crippen MR) is 122 cm³/mol. The van der Waals surface area contributed by atoms with Crippen LogP contribution in [0.25, 0.3) is 11.3 Å². The van der Waals surface area contributed by atoms with Crippen LogP contribution in [0.4, 0.5) is 0 Å². The van der Waals surface area contributed by atoms with Crippen molar-refractivity contribution in [1.29, 1.82) is 0 Å². The number of hydrogen-bond donors (Lipinski definition) is 2. The number of aryl methyl sites for hydroxylation is 1. The van der Waals surface area contributed by atoms with Crippen LogP contribution in [0.15, 0.2) is 60.8 Å². The molecular weight excluding hydrogens is 555 g/mol. The van der Waals surface area contributed by atoms with Crippen molar-refractivity contribution in [3.05, 3.63) is 83.6 Å². The van der Waals surface area contributed by atoms with Gasteiger partial charge < -0.3 is 15.2 Å². The summed E-state index contributed by atoms with van der Waals surface area (Å²) in [5, 5.41) is 15.0. The van der Waals surface area contributed by atoms with Gasteiger partial charge in [0, 0.05) is 47.4 Å². The molecule has 0 aliphatic carbocycles. The Morgan fingerprint density at radius 2 is 1.69 bits per heavy atom. The van der Waals surface area contributed by atoms with Gasteiger partial charge in [0.25, 0.3) is 0 Å². The minimum absolute atomic E-state index is 0. The summed E-state index contributed by atoms with van der Waals surface area (Å²) >= 11 is 0. The van der Waals surface area contributed by atoms with Gasteiger partial charge in [0.05, 0.1) is 8.07 Å². The van der Waals surface area contributed by atoms with Crippen molar-refractivity contribution in [3.63, 3.8) is 0 Å². The van der Waals surface area contributed by atoms with E-state index in [0.717, 1.165) is 19.4 Å². The number of benzene rings is 2. The largest absolute Gasteiger partial charge is 0.400 e. The van der Waals surface area contributed by atoms with Crippen molar-refractivity contribution in [2.45, 2.75) is 32.9 Å². The van der Waals surface area contributed by atoms with E-state index in [2.05, 4.69) is 30.7 Å². The number of aromatic nitrogens is 1. The quantitative estimate of drug-likeness (QED) is 0.353. The standard InChI is InChI=1S/C22H24NSi.2CH4O.Ir/c1-17-10-12-19(13-11-17)21-15-20(14-18-8-6-5-7-9-18)22(16-23-21)24(2,3)4;2*1-2;/h5-12,15-16H,14H2,1-4H3;2*2H,1H3;/q-1;;;/i1D3,14D2;;;. The van der Waals surface area contributed by atoms with Crippen LogP contribution < -0.4 is 5.19 Å². The number of aliphatic hydroxyl groups is 2. The molecule has 5 heteroatoms. The van der Waals surface area contributed by atoms with Gasteiger partial charge in [0.15, 0.2) is 0 Å². The van der Waals surface area contributed by atoms with Crippen LogP contribution >= 0.6 is 0 Å². The Hall–Kier alpha value is -1.62. The molecule has 3 nitrogen and oxygen atoms in total. The van der Waals surface area contributed by atoms with Gasteiger partial charge >= 0.3 is 0 Å². The number of rotatable bonds is 4. The molecule has 0 spiro atoms. The zero-order valence-corrected chi connectivity index (χ0v) is 20.8. The molecule has 0 saturated carbocycles. The molecule has 0 bridgehead atoms. The molecule has 3 aromatic rings. The Bertz CT molecular complexity index is 1010. The van der Waals surface area contributed by atoms with Crippen molar-refractivity contribution in [2.75, 3.05) is 14.2 Å². The molecule has 0 aliphatic heterocycles. The fourth-order valence-corrected chi connectivity index (χ4v) is 3.96. The van der Waals surface area contributed by atoms with Gasteiger partial charge in [-0.25, -0.2) is 0 Å². The summed E-state index contributed by atoms with van der Waals surface area (Å²) in [6.07, 6.45) is 0.108. The Morgan fingerprint density at radius 3 is 2.21 bits per heavy atom. The minimum atomic E-state index is -2.18. The van der Waals surface area contributed by atoms with Crippen molar-refractivity contribution >= 4 is 13.3 Å². The first-order valence-electron chi connectivity index (χ1n) is 11.4. The smallest absolute Gasteiger partial charge is 0.0799 e. The minimum Gasteiger partial charge on any atom is -0.400 e. The Kier molecular flexibility index (Phi) is 9.05. The van der Waals surface area contributed by atoms with Gasteiger partial charge in [0.2, 0.25) is 0 Å². The van der Waals surface area contributed by atoms with Gasteiger partial charge in [0.1, 0.15) is 0 Å². The second kappa shape index (κ2) is 13.6. The second-order valence-corrected chi connectivity index (χ2v) is 11.9. The van der Waals surface area contributed by atoms with Crippen LogP contribution in [0, 0.1) is 12.9 Å². The molecule has 2 N–H and O–H groups in total. The first-order valence-corrected chi connectivity index (χ1v) is 12.4. The van der Waals surface area contributed by atoms with E-state index < -0.39 is 21.3 Å². The Labute approximate surface area is 197 Å². The third-order valence-corrected chi connectivity index (χ3v) is 5.87. The molecular formula is C24H32IrNO2Si-. The van der Waals surface area contributed by atoms with E-state index in [0.29, 0.717) is 22.4 Å². The average Bonchev–Trinajstić information content (AvgIpc) is 2.81. The number of hydrogen-bond acceptors (Lipinski definition) is 3. The molecule has 0 fully saturated rings. The summed E-state index contributed by atoms with van der Waals surface area (Å²) in [7, 11) is 0.135. The van der Waals surface area contributed by atoms with Crippen LogP contribution in [-0.4, -0.2) is 37.5 Å². The number of aliphatic hydroxyl groups excluding tert-OH is 2. The fourth-order valence-electron chi connectivity index (χ4n) is 2.56. The Balaban J connectivity index is 0.00000207. The predicted octanol–water partition coefficient (Wildman–Crippen LogP) is 4.21. The zero-order valence-electron chi connectivity index (χ0n) is 22.4. The SMILES string of the molecule is CO.CO.[2H]C([2H])([2H])c1c[c-]c(-c2cc(C([2H])([2H])c3ccccc3)c([Si](C)(C)C)cn2)cc1.[Ir]. The molecule has 3 rings (SSSR count). The van der Waals surface area contributed by atoms with E-state index in [-0.39, 0.29) is 25.7 Å². The first-order chi connectivity index (χ1) is 15.4. The molecule has 0 aliphatic rings. The maximum absolute atomic E-state index is 8.88. The maximum Gasteiger partial charge on any atom is 0.0799 e. The van der Waals surface area contributed by atoms with Crippen LogP contribution in [0.5, 0.6) is 0 Å². The van der Waals surface area contributed by atoms with E-state index in [1.165, 1.54) is 6.07 Å². The number of nitrogens with zero attached hydrogens (tertiary/aromatic N) is 1. The van der Waals surface area contributed by atoms with Crippen molar-refractivity contribution in [1.82, 2.24) is 4.98 Å². The van der Waals surface area contributed by atoms with Gasteiger partial charge in [-0.15, -0.1) is 35.4 Å². The van der Waals surface area contributed by atoms with Gasteiger partial charge in [-0.3, -0.25) is 0 Å². The van der Waals surface area contributed by atoms with Crippen molar-refractivity contribution < 1.29 is 37.2 Å². The molecule has 0 unspecified atom stereocenters. The van der Waals surface area contributed by atoms with E-state index in [9.17, 15) is 0 Å². The van der Waals surface area contributed by atoms with E-state index >= 15 is 0 Å². The molecule has 0 atom stereocenters. The molecule has 0 amide bonds. The molecule has 1 radical (unpaired) electrons. The molecule has 1 aromatic heterocycles. The molecule has 2 aromatic carbocycles. The summed E-state index contributed by atoms with van der Waals surface area (Å²) in [6, 6.07) is 18.6. The zero-order chi connectivity index (χ0) is 25.4. The third kappa shape index (κ3) is 8.33. The van der Waals surface area contributed by atoms with Crippen LogP contribution in [0.1, 0.15) is 23.5 Å². The molecule has 0 saturated heterocycles.